The number of aromatic nitrogens is 1. The second kappa shape index (κ2) is 3.04. The van der Waals surface area contributed by atoms with Crippen molar-refractivity contribution >= 4 is 11.6 Å². The van der Waals surface area contributed by atoms with Gasteiger partial charge in [0, 0.05) is 11.3 Å². The molecule has 3 heteroatoms. The Hall–Kier alpha value is -0.600. The summed E-state index contributed by atoms with van der Waals surface area (Å²) in [6.45, 7) is 0. The highest BCUT2D eigenvalue weighted by Crippen LogP contribution is 2.28. The smallest absolute Gasteiger partial charge is 0.129 e. The van der Waals surface area contributed by atoms with Crippen LogP contribution in [-0.2, 0) is 6.42 Å². The molecule has 1 N–H and O–H groups in total. The lowest BCUT2D eigenvalue weighted by Crippen LogP contribution is -2.10. The van der Waals surface area contributed by atoms with Gasteiger partial charge in [-0.2, -0.15) is 0 Å². The van der Waals surface area contributed by atoms with E-state index in [-0.39, 0.29) is 6.10 Å². The first kappa shape index (κ1) is 8.02. The van der Waals surface area contributed by atoms with Crippen LogP contribution < -0.4 is 0 Å². The van der Waals surface area contributed by atoms with Crippen molar-refractivity contribution in [3.63, 3.8) is 0 Å². The first-order chi connectivity index (χ1) is 5.77. The maximum absolute atomic E-state index is 9.57. The minimum Gasteiger partial charge on any atom is -0.388 e. The van der Waals surface area contributed by atoms with Crippen molar-refractivity contribution in [2.45, 2.75) is 25.4 Å². The molecule has 12 heavy (non-hydrogen) atoms. The summed E-state index contributed by atoms with van der Waals surface area (Å²) in [7, 11) is 0. The fraction of sp³-hybridized carbons (Fsp3) is 0.444. The van der Waals surface area contributed by atoms with Crippen LogP contribution in [0.2, 0.25) is 5.15 Å². The van der Waals surface area contributed by atoms with E-state index < -0.39 is 0 Å². The van der Waals surface area contributed by atoms with Gasteiger partial charge in [-0.15, -0.1) is 0 Å². The van der Waals surface area contributed by atoms with Crippen LogP contribution in [0.15, 0.2) is 12.1 Å². The second-order valence-corrected chi connectivity index (χ2v) is 3.47. The number of aliphatic hydroxyl groups excluding tert-OH is 1. The van der Waals surface area contributed by atoms with E-state index in [9.17, 15) is 5.11 Å². The van der Waals surface area contributed by atoms with E-state index in [0.717, 1.165) is 30.5 Å². The van der Waals surface area contributed by atoms with Crippen molar-refractivity contribution in [2.75, 3.05) is 0 Å². The van der Waals surface area contributed by atoms with Gasteiger partial charge in [-0.3, -0.25) is 0 Å². The minimum atomic E-state index is -0.335. The highest BCUT2D eigenvalue weighted by atomic mass is 35.5. The molecule has 1 aromatic rings. The Labute approximate surface area is 76.2 Å². The Kier molecular flexibility index (Phi) is 2.03. The lowest BCUT2D eigenvalue weighted by Gasteiger charge is -2.19. The summed E-state index contributed by atoms with van der Waals surface area (Å²) in [6, 6.07) is 3.60. The third kappa shape index (κ3) is 1.32. The molecule has 0 spiro atoms. The number of nitrogens with zero attached hydrogens (tertiary/aromatic N) is 1. The van der Waals surface area contributed by atoms with Crippen LogP contribution in [-0.4, -0.2) is 10.1 Å². The van der Waals surface area contributed by atoms with Crippen LogP contribution in [0, 0.1) is 0 Å². The van der Waals surface area contributed by atoms with Crippen LogP contribution in [0.25, 0.3) is 0 Å². The molecule has 2 nitrogen and oxygen atoms in total. The molecule has 0 amide bonds. The number of hydrogen-bond donors (Lipinski definition) is 1. The Morgan fingerprint density at radius 2 is 2.33 bits per heavy atom. The van der Waals surface area contributed by atoms with Crippen LogP contribution >= 0.6 is 11.6 Å². The zero-order chi connectivity index (χ0) is 8.55. The summed E-state index contributed by atoms with van der Waals surface area (Å²) < 4.78 is 0. The van der Waals surface area contributed by atoms with E-state index in [1.165, 1.54) is 0 Å². The van der Waals surface area contributed by atoms with E-state index in [0.29, 0.717) is 5.15 Å². The average molecular weight is 184 g/mol. The molecule has 1 unspecified atom stereocenters. The van der Waals surface area contributed by atoms with E-state index in [1.54, 1.807) is 6.07 Å². The fourth-order valence-electron chi connectivity index (χ4n) is 1.61. The largest absolute Gasteiger partial charge is 0.388 e. The van der Waals surface area contributed by atoms with Gasteiger partial charge >= 0.3 is 0 Å². The summed E-state index contributed by atoms with van der Waals surface area (Å²) >= 11 is 5.73. The van der Waals surface area contributed by atoms with Gasteiger partial charge in [0.15, 0.2) is 0 Å². The number of hydrogen-bond acceptors (Lipinski definition) is 2. The van der Waals surface area contributed by atoms with E-state index in [1.807, 2.05) is 6.07 Å². The molecule has 0 bridgehead atoms. The lowest BCUT2D eigenvalue weighted by atomic mass is 9.94. The number of aliphatic hydroxyl groups is 1. The van der Waals surface area contributed by atoms with Crippen molar-refractivity contribution in [2.24, 2.45) is 0 Å². The maximum atomic E-state index is 9.57. The number of rotatable bonds is 0. The van der Waals surface area contributed by atoms with Crippen molar-refractivity contribution < 1.29 is 5.11 Å². The Morgan fingerprint density at radius 3 is 3.17 bits per heavy atom. The molecule has 0 fully saturated rings. The molecule has 1 aromatic heterocycles. The summed E-state index contributed by atoms with van der Waals surface area (Å²) in [4.78, 5) is 4.17. The van der Waals surface area contributed by atoms with Crippen LogP contribution in [0.1, 0.15) is 30.2 Å². The van der Waals surface area contributed by atoms with Gasteiger partial charge in [0.2, 0.25) is 0 Å². The van der Waals surface area contributed by atoms with Crippen LogP contribution in [0.4, 0.5) is 0 Å². The molecular formula is C9H10ClNO. The molecule has 0 radical (unpaired) electrons. The molecule has 0 aromatic carbocycles. The first-order valence-corrected chi connectivity index (χ1v) is 4.48. The molecule has 64 valence electrons. The summed E-state index contributed by atoms with van der Waals surface area (Å²) in [5.74, 6) is 0. The van der Waals surface area contributed by atoms with E-state index >= 15 is 0 Å². The SMILES string of the molecule is OC1CCCc2nc(Cl)ccc21. The average Bonchev–Trinajstić information content (AvgIpc) is 2.04. The molecule has 1 aliphatic carbocycles. The topological polar surface area (TPSA) is 33.1 Å². The molecule has 0 aliphatic heterocycles. The molecule has 0 saturated carbocycles. The zero-order valence-corrected chi connectivity index (χ0v) is 7.38. The van der Waals surface area contributed by atoms with Gasteiger partial charge < -0.3 is 5.11 Å². The molecule has 0 saturated heterocycles. The molecule has 1 heterocycles. The van der Waals surface area contributed by atoms with Gasteiger partial charge in [-0.05, 0) is 25.3 Å². The predicted molar refractivity (Wildman–Crippen MR) is 47.1 cm³/mol. The Morgan fingerprint density at radius 1 is 1.50 bits per heavy atom. The quantitative estimate of drug-likeness (QED) is 0.625. The second-order valence-electron chi connectivity index (χ2n) is 3.08. The normalized spacial score (nSPS) is 22.0. The third-order valence-electron chi connectivity index (χ3n) is 2.23. The van der Waals surface area contributed by atoms with E-state index in [2.05, 4.69) is 4.98 Å². The Bertz CT molecular complexity index is 301. The van der Waals surface area contributed by atoms with Crippen molar-refractivity contribution in [1.82, 2.24) is 4.98 Å². The van der Waals surface area contributed by atoms with Crippen molar-refractivity contribution in [1.29, 1.82) is 0 Å². The van der Waals surface area contributed by atoms with Gasteiger partial charge in [-0.25, -0.2) is 4.98 Å². The number of halogens is 1. The van der Waals surface area contributed by atoms with E-state index in [4.69, 9.17) is 11.6 Å². The standard InChI is InChI=1S/C9H10ClNO/c10-9-5-4-6-7(11-9)2-1-3-8(6)12/h4-5,8,12H,1-3H2. The number of aryl methyl sites for hydroxylation is 1. The minimum absolute atomic E-state index is 0.335. The predicted octanol–water partition coefficient (Wildman–Crippen LogP) is 2.10. The maximum Gasteiger partial charge on any atom is 0.129 e. The molecule has 1 atom stereocenters. The monoisotopic (exact) mass is 183 g/mol. The highest BCUT2D eigenvalue weighted by molar-refractivity contribution is 6.29. The highest BCUT2D eigenvalue weighted by Gasteiger charge is 2.18. The third-order valence-corrected chi connectivity index (χ3v) is 2.44. The number of pyridine rings is 1. The molecule has 2 rings (SSSR count). The van der Waals surface area contributed by atoms with Gasteiger partial charge in [0.25, 0.3) is 0 Å². The van der Waals surface area contributed by atoms with Crippen molar-refractivity contribution in [3.8, 4) is 0 Å². The Balaban J connectivity index is 2.46. The first-order valence-electron chi connectivity index (χ1n) is 4.11. The van der Waals surface area contributed by atoms with Crippen LogP contribution in [0.3, 0.4) is 0 Å². The molecule has 1 aliphatic rings. The zero-order valence-electron chi connectivity index (χ0n) is 6.63. The van der Waals surface area contributed by atoms with Gasteiger partial charge in [-0.1, -0.05) is 17.7 Å². The van der Waals surface area contributed by atoms with Crippen LogP contribution in [0.5, 0.6) is 0 Å². The fourth-order valence-corrected chi connectivity index (χ4v) is 1.77. The lowest BCUT2D eigenvalue weighted by molar-refractivity contribution is 0.155. The number of fused-ring (bicyclic) bond motifs is 1. The molecular weight excluding hydrogens is 174 g/mol. The van der Waals surface area contributed by atoms with Gasteiger partial charge in [0.05, 0.1) is 6.10 Å². The summed E-state index contributed by atoms with van der Waals surface area (Å²) in [5, 5.41) is 10.1. The summed E-state index contributed by atoms with van der Waals surface area (Å²) in [6.07, 6.45) is 2.45. The summed E-state index contributed by atoms with van der Waals surface area (Å²) in [5.41, 5.74) is 1.91. The van der Waals surface area contributed by atoms with Gasteiger partial charge in [0.1, 0.15) is 5.15 Å². The van der Waals surface area contributed by atoms with Crippen molar-refractivity contribution in [3.05, 3.63) is 28.5 Å².